The lowest BCUT2D eigenvalue weighted by molar-refractivity contribution is 0.0950. The van der Waals surface area contributed by atoms with Gasteiger partial charge < -0.3 is 19.5 Å². The Bertz CT molecular complexity index is 1310. The highest BCUT2D eigenvalue weighted by Gasteiger charge is 2.23. The number of carbonyl (C=O) groups excluding carboxylic acids is 1. The van der Waals surface area contributed by atoms with E-state index in [1.807, 2.05) is 12.1 Å². The molecule has 0 saturated heterocycles. The predicted molar refractivity (Wildman–Crippen MR) is 127 cm³/mol. The first kappa shape index (κ1) is 23.9. The van der Waals surface area contributed by atoms with Crippen molar-refractivity contribution in [1.29, 1.82) is 0 Å². The van der Waals surface area contributed by atoms with E-state index in [1.165, 1.54) is 42.7 Å². The Kier molecular flexibility index (Phi) is 6.97. The van der Waals surface area contributed by atoms with Crippen molar-refractivity contribution < 1.29 is 27.4 Å². The molecule has 1 N–H and O–H groups in total. The van der Waals surface area contributed by atoms with Gasteiger partial charge in [-0.1, -0.05) is 17.7 Å². The van der Waals surface area contributed by atoms with Crippen LogP contribution < -0.4 is 19.5 Å². The van der Waals surface area contributed by atoms with Gasteiger partial charge in [-0.05, 0) is 60.2 Å². The average molecular weight is 503 g/mol. The van der Waals surface area contributed by atoms with Crippen molar-refractivity contribution in [2.75, 3.05) is 21.0 Å². The third-order valence-electron chi connectivity index (χ3n) is 5.35. The standard InChI is InChI=1S/C24H23ClN2O6S/c1-27(34(29,30)20-7-5-19(25)6-8-20)14-18-12-17(4-10-21(18)31-2)24(28)26-13-16-3-9-22-23(11-16)33-15-32-22/h3-12H,13-15H2,1-2H3,(H,26,28). The van der Waals surface area contributed by atoms with E-state index in [-0.39, 0.29) is 24.1 Å². The van der Waals surface area contributed by atoms with Gasteiger partial charge in [-0.15, -0.1) is 0 Å². The zero-order valence-electron chi connectivity index (χ0n) is 18.6. The normalized spacial score (nSPS) is 12.6. The van der Waals surface area contributed by atoms with Crippen LogP contribution in [0.3, 0.4) is 0 Å². The van der Waals surface area contributed by atoms with Crippen LogP contribution in [-0.4, -0.2) is 39.6 Å². The number of hydrogen-bond acceptors (Lipinski definition) is 6. The molecule has 1 heterocycles. The van der Waals surface area contributed by atoms with Crippen LogP contribution in [0.1, 0.15) is 21.5 Å². The Morgan fingerprint density at radius 1 is 1.06 bits per heavy atom. The molecule has 1 aliphatic heterocycles. The van der Waals surface area contributed by atoms with Crippen LogP contribution in [0.4, 0.5) is 0 Å². The van der Waals surface area contributed by atoms with Crippen molar-refractivity contribution in [2.24, 2.45) is 0 Å². The number of hydrogen-bond donors (Lipinski definition) is 1. The summed E-state index contributed by atoms with van der Waals surface area (Å²) in [5.74, 6) is 1.49. The van der Waals surface area contributed by atoms with Crippen LogP contribution in [0.15, 0.2) is 65.6 Å². The number of fused-ring (bicyclic) bond motifs is 1. The molecule has 0 spiro atoms. The van der Waals surface area contributed by atoms with Crippen molar-refractivity contribution in [1.82, 2.24) is 9.62 Å². The van der Waals surface area contributed by atoms with Crippen molar-refractivity contribution in [2.45, 2.75) is 18.0 Å². The zero-order chi connectivity index (χ0) is 24.3. The Labute approximate surface area is 203 Å². The third-order valence-corrected chi connectivity index (χ3v) is 7.42. The summed E-state index contributed by atoms with van der Waals surface area (Å²) in [6.45, 7) is 0.487. The van der Waals surface area contributed by atoms with E-state index in [4.69, 9.17) is 25.8 Å². The molecule has 1 aliphatic rings. The summed E-state index contributed by atoms with van der Waals surface area (Å²) in [5.41, 5.74) is 1.80. The fourth-order valence-electron chi connectivity index (χ4n) is 3.49. The quantitative estimate of drug-likeness (QED) is 0.503. The topological polar surface area (TPSA) is 94.2 Å². The summed E-state index contributed by atoms with van der Waals surface area (Å²) >= 11 is 5.87. The van der Waals surface area contributed by atoms with E-state index in [1.54, 1.807) is 24.3 Å². The van der Waals surface area contributed by atoms with Gasteiger partial charge in [0.25, 0.3) is 5.91 Å². The lowest BCUT2D eigenvalue weighted by Crippen LogP contribution is -2.27. The van der Waals surface area contributed by atoms with Gasteiger partial charge in [0.05, 0.1) is 12.0 Å². The number of rotatable bonds is 8. The molecule has 178 valence electrons. The Morgan fingerprint density at radius 3 is 2.53 bits per heavy atom. The number of carbonyl (C=O) groups is 1. The molecule has 0 saturated carbocycles. The molecule has 0 fully saturated rings. The minimum atomic E-state index is -3.77. The van der Waals surface area contributed by atoms with Crippen LogP contribution >= 0.6 is 11.6 Å². The molecule has 0 aliphatic carbocycles. The maximum Gasteiger partial charge on any atom is 0.251 e. The molecule has 3 aromatic rings. The molecule has 0 radical (unpaired) electrons. The second-order valence-corrected chi connectivity index (χ2v) is 10.1. The highest BCUT2D eigenvalue weighted by Crippen LogP contribution is 2.32. The molecule has 0 atom stereocenters. The van der Waals surface area contributed by atoms with Gasteiger partial charge in [0, 0.05) is 36.3 Å². The molecule has 0 aromatic heterocycles. The van der Waals surface area contributed by atoms with Crippen molar-refractivity contribution in [3.05, 3.63) is 82.4 Å². The number of amides is 1. The molecule has 8 nitrogen and oxygen atoms in total. The van der Waals surface area contributed by atoms with Crippen molar-refractivity contribution in [3.63, 3.8) is 0 Å². The molecular formula is C24H23ClN2O6S. The molecule has 1 amide bonds. The van der Waals surface area contributed by atoms with Crippen molar-refractivity contribution in [3.8, 4) is 17.2 Å². The molecule has 0 bridgehead atoms. The predicted octanol–water partition coefficient (Wildman–Crippen LogP) is 3.83. The highest BCUT2D eigenvalue weighted by atomic mass is 35.5. The molecule has 0 unspecified atom stereocenters. The van der Waals surface area contributed by atoms with Gasteiger partial charge in [0.1, 0.15) is 5.75 Å². The van der Waals surface area contributed by atoms with E-state index in [9.17, 15) is 13.2 Å². The Balaban J connectivity index is 1.48. The van der Waals surface area contributed by atoms with E-state index >= 15 is 0 Å². The zero-order valence-corrected chi connectivity index (χ0v) is 20.2. The summed E-state index contributed by atoms with van der Waals surface area (Å²) in [6.07, 6.45) is 0. The highest BCUT2D eigenvalue weighted by molar-refractivity contribution is 7.89. The number of halogens is 1. The Hall–Kier alpha value is -3.27. The number of methoxy groups -OCH3 is 1. The number of nitrogens with one attached hydrogen (secondary N) is 1. The van der Waals surface area contributed by atoms with Crippen LogP contribution in [0, 0.1) is 0 Å². The SMILES string of the molecule is COc1ccc(C(=O)NCc2ccc3c(c2)OCO3)cc1CN(C)S(=O)(=O)c1ccc(Cl)cc1. The van der Waals surface area contributed by atoms with E-state index in [0.717, 1.165) is 5.56 Å². The Morgan fingerprint density at radius 2 is 1.79 bits per heavy atom. The molecule has 4 rings (SSSR count). The van der Waals surface area contributed by atoms with Crippen LogP contribution in [0.2, 0.25) is 5.02 Å². The summed E-state index contributed by atoms with van der Waals surface area (Å²) in [4.78, 5) is 12.9. The number of benzene rings is 3. The van der Waals surface area contributed by atoms with Gasteiger partial charge in [-0.2, -0.15) is 4.31 Å². The second-order valence-electron chi connectivity index (χ2n) is 7.61. The van der Waals surface area contributed by atoms with Crippen LogP contribution in [0.25, 0.3) is 0 Å². The smallest absolute Gasteiger partial charge is 0.251 e. The van der Waals surface area contributed by atoms with E-state index < -0.39 is 10.0 Å². The summed E-state index contributed by atoms with van der Waals surface area (Å²) in [5, 5.41) is 3.31. The second kappa shape index (κ2) is 9.92. The van der Waals surface area contributed by atoms with Crippen molar-refractivity contribution >= 4 is 27.5 Å². The van der Waals surface area contributed by atoms with E-state index in [0.29, 0.717) is 39.9 Å². The fourth-order valence-corrected chi connectivity index (χ4v) is 4.77. The van der Waals surface area contributed by atoms with E-state index in [2.05, 4.69) is 5.32 Å². The first-order valence-corrected chi connectivity index (χ1v) is 12.2. The maximum absolute atomic E-state index is 12.9. The van der Waals surface area contributed by atoms with Gasteiger partial charge >= 0.3 is 0 Å². The van der Waals surface area contributed by atoms with Gasteiger partial charge in [-0.3, -0.25) is 4.79 Å². The van der Waals surface area contributed by atoms with Gasteiger partial charge in [0.2, 0.25) is 16.8 Å². The largest absolute Gasteiger partial charge is 0.496 e. The molecule has 10 heteroatoms. The number of sulfonamides is 1. The summed E-state index contributed by atoms with van der Waals surface area (Å²) in [6, 6.07) is 16.3. The lowest BCUT2D eigenvalue weighted by atomic mass is 10.1. The number of nitrogens with zero attached hydrogens (tertiary/aromatic N) is 1. The number of ether oxygens (including phenoxy) is 3. The minimum absolute atomic E-state index is 0.0113. The molecule has 3 aromatic carbocycles. The van der Waals surface area contributed by atoms with Gasteiger partial charge in [-0.25, -0.2) is 8.42 Å². The van der Waals surface area contributed by atoms with Gasteiger partial charge in [0.15, 0.2) is 11.5 Å². The van der Waals surface area contributed by atoms with Crippen LogP contribution in [-0.2, 0) is 23.1 Å². The molecular weight excluding hydrogens is 480 g/mol. The first-order valence-electron chi connectivity index (χ1n) is 10.3. The lowest BCUT2D eigenvalue weighted by Gasteiger charge is -2.19. The average Bonchev–Trinajstić information content (AvgIpc) is 3.30. The third kappa shape index (κ3) is 5.11. The summed E-state index contributed by atoms with van der Waals surface area (Å²) in [7, 11) is -0.807. The fraction of sp³-hybridized carbons (Fsp3) is 0.208. The minimum Gasteiger partial charge on any atom is -0.496 e. The molecule has 34 heavy (non-hydrogen) atoms. The monoisotopic (exact) mass is 502 g/mol. The summed E-state index contributed by atoms with van der Waals surface area (Å²) < 4.78 is 43.2. The maximum atomic E-state index is 12.9. The van der Waals surface area contributed by atoms with Crippen LogP contribution in [0.5, 0.6) is 17.2 Å². The first-order chi connectivity index (χ1) is 16.3.